The highest BCUT2D eigenvalue weighted by molar-refractivity contribution is 5.90. The fraction of sp³-hybridized carbons (Fsp3) is 0.286. The third kappa shape index (κ3) is 3.07. The minimum atomic E-state index is -0.659. The Labute approximate surface area is 70.4 Å². The van der Waals surface area contributed by atoms with Crippen LogP contribution >= 0.6 is 0 Å². The average Bonchev–Trinajstić information content (AvgIpc) is 2.21. The van der Waals surface area contributed by atoms with Crippen molar-refractivity contribution in [3.63, 3.8) is 0 Å². The van der Waals surface area contributed by atoms with Crippen LogP contribution in [0.15, 0.2) is 18.6 Å². The molecule has 0 aliphatic heterocycles. The molecule has 0 aliphatic rings. The van der Waals surface area contributed by atoms with Gasteiger partial charge in [-0.25, -0.2) is 10.5 Å². The summed E-state index contributed by atoms with van der Waals surface area (Å²) in [6.07, 6.45) is 4.06. The van der Waals surface area contributed by atoms with Gasteiger partial charge in [-0.05, 0) is 0 Å². The van der Waals surface area contributed by atoms with Crippen LogP contribution in [0.2, 0.25) is 0 Å². The molecule has 2 N–H and O–H groups in total. The molecule has 0 fully saturated rings. The Balaban J connectivity index is 0.000000561. The van der Waals surface area contributed by atoms with Gasteiger partial charge in [0.05, 0.1) is 6.20 Å². The Morgan fingerprint density at radius 2 is 2.17 bits per heavy atom. The smallest absolute Gasteiger partial charge is 0.288 e. The molecule has 1 aromatic rings. The van der Waals surface area contributed by atoms with Crippen molar-refractivity contribution in [1.29, 1.82) is 0 Å². The molecule has 66 valence electrons. The number of nitrogens with zero attached hydrogens (tertiary/aromatic N) is 2. The molecular formula is C7H11N3O2. The Morgan fingerprint density at radius 3 is 2.58 bits per heavy atom. The van der Waals surface area contributed by atoms with E-state index in [2.05, 4.69) is 9.97 Å². The summed E-state index contributed by atoms with van der Waals surface area (Å²) in [6.45, 7) is 4.00. The van der Waals surface area contributed by atoms with E-state index in [0.717, 1.165) is 0 Å². The SMILES string of the molecule is CC.O=C(NO)c1cnccn1. The first-order valence-electron chi connectivity index (χ1n) is 3.55. The highest BCUT2D eigenvalue weighted by atomic mass is 16.5. The van der Waals surface area contributed by atoms with Crippen LogP contribution < -0.4 is 5.48 Å². The van der Waals surface area contributed by atoms with Gasteiger partial charge in [-0.15, -0.1) is 0 Å². The van der Waals surface area contributed by atoms with Crippen molar-refractivity contribution in [3.05, 3.63) is 24.3 Å². The van der Waals surface area contributed by atoms with Crippen molar-refractivity contribution >= 4 is 5.91 Å². The lowest BCUT2D eigenvalue weighted by Gasteiger charge is -1.93. The van der Waals surface area contributed by atoms with Gasteiger partial charge in [0.25, 0.3) is 5.91 Å². The van der Waals surface area contributed by atoms with Crippen LogP contribution in [0.4, 0.5) is 0 Å². The molecule has 0 atom stereocenters. The van der Waals surface area contributed by atoms with Crippen LogP contribution in [0.25, 0.3) is 0 Å². The minimum absolute atomic E-state index is 0.0880. The summed E-state index contributed by atoms with van der Waals surface area (Å²) in [7, 11) is 0. The summed E-state index contributed by atoms with van der Waals surface area (Å²) in [5.74, 6) is -0.659. The largest absolute Gasteiger partial charge is 0.294 e. The fourth-order valence-electron chi connectivity index (χ4n) is 0.474. The molecule has 1 amide bonds. The maximum atomic E-state index is 10.5. The van der Waals surface area contributed by atoms with Crippen LogP contribution in [0.5, 0.6) is 0 Å². The summed E-state index contributed by atoms with van der Waals surface area (Å²) in [6, 6.07) is 0. The van der Waals surface area contributed by atoms with E-state index < -0.39 is 5.91 Å². The summed E-state index contributed by atoms with van der Waals surface area (Å²) >= 11 is 0. The van der Waals surface area contributed by atoms with Crippen molar-refractivity contribution in [2.24, 2.45) is 0 Å². The van der Waals surface area contributed by atoms with Gasteiger partial charge in [0.15, 0.2) is 0 Å². The van der Waals surface area contributed by atoms with Crippen molar-refractivity contribution in [3.8, 4) is 0 Å². The number of nitrogens with one attached hydrogen (secondary N) is 1. The summed E-state index contributed by atoms with van der Waals surface area (Å²) in [5, 5.41) is 8.12. The normalized spacial score (nSPS) is 7.92. The van der Waals surface area contributed by atoms with E-state index in [1.165, 1.54) is 24.1 Å². The first kappa shape index (κ1) is 10.5. The van der Waals surface area contributed by atoms with Gasteiger partial charge in [0, 0.05) is 12.4 Å². The van der Waals surface area contributed by atoms with E-state index in [1.807, 2.05) is 13.8 Å². The summed E-state index contributed by atoms with van der Waals surface area (Å²) in [5.41, 5.74) is 1.53. The van der Waals surface area contributed by atoms with E-state index in [9.17, 15) is 4.79 Å². The molecule has 5 heteroatoms. The quantitative estimate of drug-likeness (QED) is 0.477. The van der Waals surface area contributed by atoms with Gasteiger partial charge in [-0.3, -0.25) is 15.0 Å². The average molecular weight is 169 g/mol. The second kappa shape index (κ2) is 6.23. The third-order valence-electron chi connectivity index (χ3n) is 0.897. The Hall–Kier alpha value is -1.49. The highest BCUT2D eigenvalue weighted by Crippen LogP contribution is 1.87. The van der Waals surface area contributed by atoms with Gasteiger partial charge < -0.3 is 0 Å². The van der Waals surface area contributed by atoms with Crippen LogP contribution in [0, 0.1) is 0 Å². The van der Waals surface area contributed by atoms with Gasteiger partial charge in [0.1, 0.15) is 5.69 Å². The molecule has 1 heterocycles. The number of carbonyl (C=O) groups excluding carboxylic acids is 1. The summed E-state index contributed by atoms with van der Waals surface area (Å²) in [4.78, 5) is 17.8. The maximum absolute atomic E-state index is 10.5. The van der Waals surface area contributed by atoms with Crippen LogP contribution in [0.3, 0.4) is 0 Å². The molecule has 0 spiro atoms. The van der Waals surface area contributed by atoms with E-state index in [0.29, 0.717) is 0 Å². The molecular weight excluding hydrogens is 158 g/mol. The number of aromatic nitrogens is 2. The van der Waals surface area contributed by atoms with E-state index >= 15 is 0 Å². The standard InChI is InChI=1S/C5H5N3O2.C2H6/c9-5(8-10)4-3-6-1-2-7-4;1-2/h1-3,10H,(H,8,9);1-2H3. The molecule has 5 nitrogen and oxygen atoms in total. The molecule has 12 heavy (non-hydrogen) atoms. The predicted octanol–water partition coefficient (Wildman–Crippen LogP) is 0.622. The van der Waals surface area contributed by atoms with E-state index in [-0.39, 0.29) is 5.69 Å². The Morgan fingerprint density at radius 1 is 1.50 bits per heavy atom. The number of hydrogen-bond donors (Lipinski definition) is 2. The van der Waals surface area contributed by atoms with Crippen molar-refractivity contribution in [1.82, 2.24) is 15.4 Å². The Bertz CT molecular complexity index is 225. The van der Waals surface area contributed by atoms with E-state index in [4.69, 9.17) is 5.21 Å². The first-order valence-corrected chi connectivity index (χ1v) is 3.55. The third-order valence-corrected chi connectivity index (χ3v) is 0.897. The monoisotopic (exact) mass is 169 g/mol. The number of amides is 1. The lowest BCUT2D eigenvalue weighted by Crippen LogP contribution is -2.19. The number of carbonyl (C=O) groups is 1. The lowest BCUT2D eigenvalue weighted by molar-refractivity contribution is 0.0700. The number of hydrogen-bond acceptors (Lipinski definition) is 4. The van der Waals surface area contributed by atoms with Crippen LogP contribution in [-0.4, -0.2) is 21.1 Å². The van der Waals surface area contributed by atoms with Crippen molar-refractivity contribution in [2.45, 2.75) is 13.8 Å². The minimum Gasteiger partial charge on any atom is -0.288 e. The molecule has 0 bridgehead atoms. The highest BCUT2D eigenvalue weighted by Gasteiger charge is 2.02. The molecule has 1 rings (SSSR count). The molecule has 0 aliphatic carbocycles. The van der Waals surface area contributed by atoms with Crippen molar-refractivity contribution < 1.29 is 10.0 Å². The topological polar surface area (TPSA) is 75.1 Å². The second-order valence-corrected chi connectivity index (χ2v) is 1.53. The molecule has 0 unspecified atom stereocenters. The zero-order valence-corrected chi connectivity index (χ0v) is 6.98. The van der Waals surface area contributed by atoms with Crippen molar-refractivity contribution in [2.75, 3.05) is 0 Å². The van der Waals surface area contributed by atoms with Gasteiger partial charge in [-0.2, -0.15) is 0 Å². The lowest BCUT2D eigenvalue weighted by atomic mass is 10.4. The molecule has 0 aromatic carbocycles. The van der Waals surface area contributed by atoms with Gasteiger partial charge in [0.2, 0.25) is 0 Å². The van der Waals surface area contributed by atoms with Crippen LogP contribution in [-0.2, 0) is 0 Å². The maximum Gasteiger partial charge on any atom is 0.294 e. The summed E-state index contributed by atoms with van der Waals surface area (Å²) < 4.78 is 0. The second-order valence-electron chi connectivity index (χ2n) is 1.53. The molecule has 1 aromatic heterocycles. The molecule has 0 saturated carbocycles. The zero-order valence-electron chi connectivity index (χ0n) is 6.98. The van der Waals surface area contributed by atoms with E-state index in [1.54, 1.807) is 0 Å². The first-order chi connectivity index (χ1) is 5.84. The number of hydroxylamine groups is 1. The predicted molar refractivity (Wildman–Crippen MR) is 42.6 cm³/mol. The number of rotatable bonds is 1. The van der Waals surface area contributed by atoms with Gasteiger partial charge >= 0.3 is 0 Å². The molecule has 0 saturated heterocycles. The van der Waals surface area contributed by atoms with Gasteiger partial charge in [-0.1, -0.05) is 13.8 Å². The Kier molecular flexibility index (Phi) is 5.46. The van der Waals surface area contributed by atoms with Crippen LogP contribution in [0.1, 0.15) is 24.3 Å². The fourth-order valence-corrected chi connectivity index (χ4v) is 0.474. The zero-order chi connectivity index (χ0) is 9.40. The molecule has 0 radical (unpaired) electrons.